The molecular formula is C22H23N5O4S. The lowest BCUT2D eigenvalue weighted by atomic mass is 10.1. The lowest BCUT2D eigenvalue weighted by Crippen LogP contribution is -2.12. The van der Waals surface area contributed by atoms with Gasteiger partial charge in [0.05, 0.1) is 30.5 Å². The number of nitrogens with two attached hydrogens (primary N) is 1. The molecule has 0 amide bonds. The van der Waals surface area contributed by atoms with E-state index in [2.05, 4.69) is 10.3 Å². The molecule has 0 bridgehead atoms. The highest BCUT2D eigenvalue weighted by atomic mass is 32.2. The molecule has 32 heavy (non-hydrogen) atoms. The van der Waals surface area contributed by atoms with Crippen LogP contribution < -0.4 is 19.9 Å². The number of nitrogens with zero attached hydrogens (tertiary/aromatic N) is 3. The van der Waals surface area contributed by atoms with E-state index in [1.54, 1.807) is 32.5 Å². The fourth-order valence-electron chi connectivity index (χ4n) is 3.53. The Morgan fingerprint density at radius 1 is 1.06 bits per heavy atom. The van der Waals surface area contributed by atoms with Gasteiger partial charge in [0.2, 0.25) is 10.0 Å². The number of aromatic nitrogens is 3. The molecule has 9 nitrogen and oxygen atoms in total. The van der Waals surface area contributed by atoms with Crippen LogP contribution in [0.25, 0.3) is 16.9 Å². The fraction of sp³-hybridized carbons (Fsp3) is 0.182. The van der Waals surface area contributed by atoms with E-state index in [-0.39, 0.29) is 4.90 Å². The van der Waals surface area contributed by atoms with Gasteiger partial charge in [-0.25, -0.2) is 23.5 Å². The molecule has 0 saturated carbocycles. The Morgan fingerprint density at radius 2 is 1.78 bits per heavy atom. The van der Waals surface area contributed by atoms with Crippen molar-refractivity contribution in [2.45, 2.75) is 18.4 Å². The molecular weight excluding hydrogens is 430 g/mol. The third-order valence-corrected chi connectivity index (χ3v) is 6.01. The highest BCUT2D eigenvalue weighted by Gasteiger charge is 2.16. The van der Waals surface area contributed by atoms with Gasteiger partial charge in [0, 0.05) is 24.5 Å². The van der Waals surface area contributed by atoms with Gasteiger partial charge in [0.1, 0.15) is 0 Å². The largest absolute Gasteiger partial charge is 0.493 e. The van der Waals surface area contributed by atoms with E-state index in [4.69, 9.17) is 19.6 Å². The first-order chi connectivity index (χ1) is 15.3. The minimum absolute atomic E-state index is 0.0740. The Bertz CT molecular complexity index is 1380. The SMILES string of the molecule is COc1ccc(-c2c(C)nc3c(NCc4ccc(S(N)(=O)=O)cc4)nccn23)cc1OC. The number of hydrogen-bond donors (Lipinski definition) is 2. The smallest absolute Gasteiger partial charge is 0.238 e. The van der Waals surface area contributed by atoms with Crippen molar-refractivity contribution in [2.75, 3.05) is 19.5 Å². The lowest BCUT2D eigenvalue weighted by molar-refractivity contribution is 0.355. The highest BCUT2D eigenvalue weighted by Crippen LogP contribution is 2.34. The van der Waals surface area contributed by atoms with Crippen molar-refractivity contribution in [3.05, 3.63) is 66.1 Å². The first-order valence-electron chi connectivity index (χ1n) is 9.73. The molecule has 0 aliphatic carbocycles. The molecule has 166 valence electrons. The molecule has 10 heteroatoms. The zero-order valence-corrected chi connectivity index (χ0v) is 18.7. The molecule has 4 aromatic rings. The number of fused-ring (bicyclic) bond motifs is 1. The van der Waals surface area contributed by atoms with E-state index in [1.165, 1.54) is 12.1 Å². The summed E-state index contributed by atoms with van der Waals surface area (Å²) in [6.45, 7) is 2.38. The predicted octanol–water partition coefficient (Wildman–Crippen LogP) is 2.98. The van der Waals surface area contributed by atoms with Gasteiger partial charge < -0.3 is 14.8 Å². The van der Waals surface area contributed by atoms with E-state index in [0.29, 0.717) is 29.5 Å². The molecule has 0 fully saturated rings. The second-order valence-electron chi connectivity index (χ2n) is 7.13. The average molecular weight is 454 g/mol. The van der Waals surface area contributed by atoms with E-state index < -0.39 is 10.0 Å². The van der Waals surface area contributed by atoms with Crippen LogP contribution in [0, 0.1) is 6.92 Å². The van der Waals surface area contributed by atoms with Gasteiger partial charge in [-0.05, 0) is 42.8 Å². The van der Waals surface area contributed by atoms with E-state index >= 15 is 0 Å². The van der Waals surface area contributed by atoms with Gasteiger partial charge in [-0.2, -0.15) is 0 Å². The number of rotatable bonds is 7. The van der Waals surface area contributed by atoms with Crippen molar-refractivity contribution < 1.29 is 17.9 Å². The topological polar surface area (TPSA) is 121 Å². The molecule has 0 unspecified atom stereocenters. The summed E-state index contributed by atoms with van der Waals surface area (Å²) in [5.41, 5.74) is 4.25. The van der Waals surface area contributed by atoms with Crippen LogP contribution in [-0.4, -0.2) is 37.0 Å². The van der Waals surface area contributed by atoms with E-state index in [1.807, 2.05) is 35.7 Å². The maximum atomic E-state index is 11.4. The maximum Gasteiger partial charge on any atom is 0.238 e. The molecule has 4 rings (SSSR count). The molecule has 0 saturated heterocycles. The Labute approximate surface area is 185 Å². The number of imidazole rings is 1. The van der Waals surface area contributed by atoms with Crippen LogP contribution in [0.4, 0.5) is 5.82 Å². The van der Waals surface area contributed by atoms with Crippen LogP contribution in [0.2, 0.25) is 0 Å². The lowest BCUT2D eigenvalue weighted by Gasteiger charge is -2.11. The van der Waals surface area contributed by atoms with Crippen molar-refractivity contribution >= 4 is 21.5 Å². The normalized spacial score (nSPS) is 11.5. The second-order valence-corrected chi connectivity index (χ2v) is 8.69. The van der Waals surface area contributed by atoms with Crippen LogP contribution in [0.3, 0.4) is 0 Å². The Kier molecular flexibility index (Phi) is 5.72. The maximum absolute atomic E-state index is 11.4. The van der Waals surface area contributed by atoms with Gasteiger partial charge in [-0.15, -0.1) is 0 Å². The fourth-order valence-corrected chi connectivity index (χ4v) is 4.04. The molecule has 0 aliphatic rings. The zero-order chi connectivity index (χ0) is 22.9. The number of sulfonamides is 1. The quantitative estimate of drug-likeness (QED) is 0.441. The van der Waals surface area contributed by atoms with Crippen LogP contribution >= 0.6 is 0 Å². The molecule has 3 N–H and O–H groups in total. The molecule has 0 aliphatic heterocycles. The predicted molar refractivity (Wildman–Crippen MR) is 121 cm³/mol. The third-order valence-electron chi connectivity index (χ3n) is 5.09. The summed E-state index contributed by atoms with van der Waals surface area (Å²) in [6.07, 6.45) is 3.55. The molecule has 2 heterocycles. The molecule has 0 atom stereocenters. The van der Waals surface area contributed by atoms with Crippen LogP contribution in [0.15, 0.2) is 59.8 Å². The van der Waals surface area contributed by atoms with Crippen molar-refractivity contribution in [3.8, 4) is 22.8 Å². The van der Waals surface area contributed by atoms with Crippen LogP contribution in [-0.2, 0) is 16.6 Å². The van der Waals surface area contributed by atoms with Crippen LogP contribution in [0.5, 0.6) is 11.5 Å². The summed E-state index contributed by atoms with van der Waals surface area (Å²) >= 11 is 0. The van der Waals surface area contributed by atoms with Gasteiger partial charge in [-0.3, -0.25) is 4.40 Å². The molecule has 2 aromatic carbocycles. The number of hydrogen-bond acceptors (Lipinski definition) is 7. The summed E-state index contributed by atoms with van der Waals surface area (Å²) < 4.78 is 35.6. The number of ether oxygens (including phenoxy) is 2. The minimum atomic E-state index is -3.72. The van der Waals surface area contributed by atoms with Crippen molar-refractivity contribution in [3.63, 3.8) is 0 Å². The standard InChI is InChI=1S/C22H23N5O4S/c1-14-20(16-6-9-18(30-2)19(12-16)31-3)27-11-10-24-21(22(27)26-14)25-13-15-4-7-17(8-5-15)32(23,28)29/h4-12H,13H2,1-3H3,(H,24,25)(H2,23,28,29). The summed E-state index contributed by atoms with van der Waals surface area (Å²) in [5.74, 6) is 1.90. The third kappa shape index (κ3) is 4.10. The molecule has 0 spiro atoms. The van der Waals surface area contributed by atoms with Gasteiger partial charge in [0.25, 0.3) is 0 Å². The zero-order valence-electron chi connectivity index (χ0n) is 17.9. The number of benzene rings is 2. The first kappa shape index (κ1) is 21.6. The van der Waals surface area contributed by atoms with Gasteiger partial charge in [-0.1, -0.05) is 12.1 Å². The Balaban J connectivity index is 1.66. The summed E-state index contributed by atoms with van der Waals surface area (Å²) in [6, 6.07) is 12.1. The number of aryl methyl sites for hydroxylation is 1. The number of nitrogens with one attached hydrogen (secondary N) is 1. The van der Waals surface area contributed by atoms with Gasteiger partial charge in [0.15, 0.2) is 23.0 Å². The van der Waals surface area contributed by atoms with Crippen molar-refractivity contribution in [2.24, 2.45) is 5.14 Å². The highest BCUT2D eigenvalue weighted by molar-refractivity contribution is 7.89. The van der Waals surface area contributed by atoms with E-state index in [9.17, 15) is 8.42 Å². The minimum Gasteiger partial charge on any atom is -0.493 e. The number of anilines is 1. The number of primary sulfonamides is 1. The monoisotopic (exact) mass is 453 g/mol. The van der Waals surface area contributed by atoms with Crippen molar-refractivity contribution in [1.29, 1.82) is 0 Å². The van der Waals surface area contributed by atoms with E-state index in [0.717, 1.165) is 22.5 Å². The Hall–Kier alpha value is -3.63. The first-order valence-corrected chi connectivity index (χ1v) is 11.3. The van der Waals surface area contributed by atoms with Crippen molar-refractivity contribution in [1.82, 2.24) is 14.4 Å². The molecule has 2 aromatic heterocycles. The summed E-state index contributed by atoms with van der Waals surface area (Å²) in [7, 11) is -0.514. The van der Waals surface area contributed by atoms with Gasteiger partial charge >= 0.3 is 0 Å². The summed E-state index contributed by atoms with van der Waals surface area (Å²) in [5, 5.41) is 8.43. The summed E-state index contributed by atoms with van der Waals surface area (Å²) in [4.78, 5) is 9.22. The Morgan fingerprint density at radius 3 is 2.44 bits per heavy atom. The van der Waals surface area contributed by atoms with Crippen LogP contribution in [0.1, 0.15) is 11.3 Å². The second kappa shape index (κ2) is 8.48. The molecule has 0 radical (unpaired) electrons. The number of methoxy groups -OCH3 is 2. The average Bonchev–Trinajstić information content (AvgIpc) is 3.13.